The van der Waals surface area contributed by atoms with Crippen molar-refractivity contribution in [3.05, 3.63) is 88.3 Å². The molecule has 5 nitrogen and oxygen atoms in total. The fourth-order valence-corrected chi connectivity index (χ4v) is 2.63. The van der Waals surface area contributed by atoms with Gasteiger partial charge in [0, 0.05) is 11.6 Å². The molecule has 0 spiro atoms. The van der Waals surface area contributed by atoms with Gasteiger partial charge in [0.25, 0.3) is 5.91 Å². The van der Waals surface area contributed by atoms with E-state index < -0.39 is 0 Å². The Bertz CT molecular complexity index is 877. The van der Waals surface area contributed by atoms with Crippen molar-refractivity contribution in [1.82, 2.24) is 5.32 Å². The zero-order valence-electron chi connectivity index (χ0n) is 13.9. The maximum absolute atomic E-state index is 12.2. The van der Waals surface area contributed by atoms with Crippen LogP contribution >= 0.6 is 11.6 Å². The third-order valence-electron chi connectivity index (χ3n) is 3.74. The van der Waals surface area contributed by atoms with Crippen molar-refractivity contribution >= 4 is 17.5 Å². The summed E-state index contributed by atoms with van der Waals surface area (Å²) in [6.45, 7) is 1.18. The molecule has 2 N–H and O–H groups in total. The van der Waals surface area contributed by atoms with Crippen molar-refractivity contribution < 1.29 is 19.1 Å². The number of aromatic hydroxyl groups is 1. The third kappa shape index (κ3) is 4.88. The van der Waals surface area contributed by atoms with Crippen molar-refractivity contribution in [3.63, 3.8) is 0 Å². The zero-order chi connectivity index (χ0) is 18.4. The molecule has 0 radical (unpaired) electrons. The Morgan fingerprint density at radius 1 is 1.08 bits per heavy atom. The first-order chi connectivity index (χ1) is 12.6. The number of halogens is 1. The van der Waals surface area contributed by atoms with Crippen LogP contribution in [0.15, 0.2) is 65.3 Å². The molecule has 0 fully saturated rings. The number of carbonyl (C=O) groups is 1. The monoisotopic (exact) mass is 371 g/mol. The fourth-order valence-electron chi connectivity index (χ4n) is 2.46. The van der Waals surface area contributed by atoms with E-state index in [1.807, 2.05) is 36.4 Å². The first-order valence-electron chi connectivity index (χ1n) is 8.06. The first kappa shape index (κ1) is 18.0. The number of hydrogen-bond donors (Lipinski definition) is 2. The van der Waals surface area contributed by atoms with Crippen molar-refractivity contribution in [2.45, 2.75) is 19.8 Å². The molecule has 0 bridgehead atoms. The average molecular weight is 372 g/mol. The van der Waals surface area contributed by atoms with E-state index in [1.165, 1.54) is 18.2 Å². The molecular formula is C20H18ClNO4. The maximum Gasteiger partial charge on any atom is 0.255 e. The molecule has 3 aromatic rings. The second-order valence-electron chi connectivity index (χ2n) is 5.74. The van der Waals surface area contributed by atoms with Gasteiger partial charge in [-0.15, -0.1) is 0 Å². The highest BCUT2D eigenvalue weighted by atomic mass is 35.5. The van der Waals surface area contributed by atoms with Gasteiger partial charge in [0.15, 0.2) is 0 Å². The minimum atomic E-state index is -0.385. The van der Waals surface area contributed by atoms with Crippen LogP contribution in [0.25, 0.3) is 0 Å². The van der Waals surface area contributed by atoms with Gasteiger partial charge < -0.3 is 19.6 Å². The number of rotatable bonds is 7. The van der Waals surface area contributed by atoms with Crippen molar-refractivity contribution in [1.29, 1.82) is 0 Å². The smallest absolute Gasteiger partial charge is 0.255 e. The molecule has 1 aromatic heterocycles. The van der Waals surface area contributed by atoms with Crippen molar-refractivity contribution in [2.75, 3.05) is 0 Å². The van der Waals surface area contributed by atoms with Crippen LogP contribution in [0, 0.1) is 0 Å². The molecule has 1 heterocycles. The number of phenolic OH excluding ortho intramolecular Hbond substituents is 1. The first-order valence-corrected chi connectivity index (χ1v) is 8.44. The lowest BCUT2D eigenvalue weighted by molar-refractivity contribution is 0.0928. The second kappa shape index (κ2) is 8.56. The van der Waals surface area contributed by atoms with Crippen molar-refractivity contribution in [2.24, 2.45) is 0 Å². The van der Waals surface area contributed by atoms with Gasteiger partial charge in [0.2, 0.25) is 0 Å². The largest absolute Gasteiger partial charge is 0.507 e. The number of carbonyl (C=O) groups excluding carboxylic acids is 1. The van der Waals surface area contributed by atoms with E-state index in [-0.39, 0.29) is 17.2 Å². The van der Waals surface area contributed by atoms with E-state index in [9.17, 15) is 9.90 Å². The molecule has 0 saturated heterocycles. The van der Waals surface area contributed by atoms with Crippen LogP contribution in [0.5, 0.6) is 5.75 Å². The Hall–Kier alpha value is -2.76. The van der Waals surface area contributed by atoms with Gasteiger partial charge in [-0.1, -0.05) is 35.9 Å². The van der Waals surface area contributed by atoms with E-state index in [0.717, 1.165) is 16.9 Å². The summed E-state index contributed by atoms with van der Waals surface area (Å²) in [4.78, 5) is 12.2. The highest BCUT2D eigenvalue weighted by molar-refractivity contribution is 6.31. The predicted molar refractivity (Wildman–Crippen MR) is 97.9 cm³/mol. The molecule has 0 unspecified atom stereocenters. The lowest BCUT2D eigenvalue weighted by Crippen LogP contribution is -2.23. The molecular weight excluding hydrogens is 354 g/mol. The number of nitrogens with one attached hydrogen (secondary N) is 1. The minimum Gasteiger partial charge on any atom is -0.507 e. The highest BCUT2D eigenvalue weighted by Gasteiger charge is 2.11. The van der Waals surface area contributed by atoms with Crippen LogP contribution in [-0.2, 0) is 24.5 Å². The molecule has 3 rings (SSSR count). The molecule has 0 aliphatic carbocycles. The zero-order valence-corrected chi connectivity index (χ0v) is 14.7. The topological polar surface area (TPSA) is 71.7 Å². The second-order valence-corrected chi connectivity index (χ2v) is 6.17. The van der Waals surface area contributed by atoms with Crippen LogP contribution in [0.3, 0.4) is 0 Å². The number of hydrogen-bond acceptors (Lipinski definition) is 4. The molecule has 26 heavy (non-hydrogen) atoms. The summed E-state index contributed by atoms with van der Waals surface area (Å²) in [5.41, 5.74) is 2.07. The average Bonchev–Trinajstić information content (AvgIpc) is 3.15. The number of benzene rings is 2. The van der Waals surface area contributed by atoms with E-state index >= 15 is 0 Å². The third-order valence-corrected chi connectivity index (χ3v) is 3.98. The lowest BCUT2D eigenvalue weighted by Gasteiger charge is -2.09. The summed E-state index contributed by atoms with van der Waals surface area (Å²) in [5.74, 6) is 0.284. The van der Waals surface area contributed by atoms with Gasteiger partial charge in [0.1, 0.15) is 18.1 Å². The number of amides is 1. The van der Waals surface area contributed by atoms with Crippen molar-refractivity contribution in [3.8, 4) is 5.75 Å². The normalized spacial score (nSPS) is 10.7. The van der Waals surface area contributed by atoms with Gasteiger partial charge >= 0.3 is 0 Å². The summed E-state index contributed by atoms with van der Waals surface area (Å²) in [7, 11) is 0. The summed E-state index contributed by atoms with van der Waals surface area (Å²) in [5, 5.41) is 12.9. The Morgan fingerprint density at radius 2 is 1.92 bits per heavy atom. The summed E-state index contributed by atoms with van der Waals surface area (Å²) in [6, 6.07) is 15.8. The minimum absolute atomic E-state index is 0.105. The molecule has 2 aromatic carbocycles. The van der Waals surface area contributed by atoms with Crippen LogP contribution in [0.4, 0.5) is 0 Å². The number of furan rings is 1. The summed E-state index contributed by atoms with van der Waals surface area (Å²) < 4.78 is 10.8. The quantitative estimate of drug-likeness (QED) is 0.650. The fraction of sp³-hybridized carbons (Fsp3) is 0.150. The molecule has 134 valence electrons. The van der Waals surface area contributed by atoms with Gasteiger partial charge in [-0.05, 0) is 41.5 Å². The van der Waals surface area contributed by atoms with Crippen LogP contribution < -0.4 is 5.32 Å². The van der Waals surface area contributed by atoms with E-state index in [1.54, 1.807) is 6.26 Å². The molecule has 0 atom stereocenters. The summed E-state index contributed by atoms with van der Waals surface area (Å²) >= 11 is 5.87. The Kier molecular flexibility index (Phi) is 5.94. The maximum atomic E-state index is 12.2. The van der Waals surface area contributed by atoms with Gasteiger partial charge in [-0.3, -0.25) is 4.79 Å². The standard InChI is InChI=1S/C20H18ClNO4/c21-16-6-7-19(23)18(10-16)20(24)22-11-14-3-1-4-15(9-14)12-25-13-17-5-2-8-26-17/h1-10,23H,11-13H2,(H,22,24). The van der Waals surface area contributed by atoms with E-state index in [4.69, 9.17) is 20.8 Å². The number of phenols is 1. The van der Waals surface area contributed by atoms with Gasteiger partial charge in [-0.2, -0.15) is 0 Å². The van der Waals surface area contributed by atoms with E-state index in [2.05, 4.69) is 5.32 Å². The molecule has 0 aliphatic rings. The van der Waals surface area contributed by atoms with Crippen LogP contribution in [0.2, 0.25) is 5.02 Å². The van der Waals surface area contributed by atoms with Gasteiger partial charge in [0.05, 0.1) is 18.4 Å². The predicted octanol–water partition coefficient (Wildman–Crippen LogP) is 4.29. The Balaban J connectivity index is 1.54. The number of ether oxygens (including phenoxy) is 1. The Morgan fingerprint density at radius 3 is 2.73 bits per heavy atom. The van der Waals surface area contributed by atoms with E-state index in [0.29, 0.717) is 24.8 Å². The molecule has 0 saturated carbocycles. The summed E-state index contributed by atoms with van der Waals surface area (Å²) in [6.07, 6.45) is 1.61. The Labute approximate surface area is 156 Å². The SMILES string of the molecule is O=C(NCc1cccc(COCc2ccco2)c1)c1cc(Cl)ccc1O. The molecule has 6 heteroatoms. The lowest BCUT2D eigenvalue weighted by atomic mass is 10.1. The molecule has 1 amide bonds. The van der Waals surface area contributed by atoms with Crippen LogP contribution in [0.1, 0.15) is 27.2 Å². The van der Waals surface area contributed by atoms with Gasteiger partial charge in [-0.25, -0.2) is 0 Å². The highest BCUT2D eigenvalue weighted by Crippen LogP contribution is 2.21. The van der Waals surface area contributed by atoms with Crippen LogP contribution in [-0.4, -0.2) is 11.0 Å². The molecule has 0 aliphatic heterocycles.